The fourth-order valence-electron chi connectivity index (χ4n) is 4.13. The third-order valence-electron chi connectivity index (χ3n) is 5.56. The van der Waals surface area contributed by atoms with E-state index in [1.165, 1.54) is 23.3 Å². The molecule has 0 radical (unpaired) electrons. The van der Waals surface area contributed by atoms with Gasteiger partial charge in [0.05, 0.1) is 12.3 Å². The molecule has 1 aliphatic heterocycles. The molecule has 1 aromatic carbocycles. The number of nitrogens with zero attached hydrogens (tertiary/aromatic N) is 2. The Balaban J connectivity index is 1.69. The molecule has 2 heterocycles. The highest BCUT2D eigenvalue weighted by Crippen LogP contribution is 2.33. The van der Waals surface area contributed by atoms with Gasteiger partial charge in [-0.2, -0.15) is 0 Å². The zero-order valence-corrected chi connectivity index (χ0v) is 20.8. The van der Waals surface area contributed by atoms with Crippen LogP contribution in [0.5, 0.6) is 0 Å². The third-order valence-corrected chi connectivity index (χ3v) is 6.34. The number of hydrogen-bond acceptors (Lipinski definition) is 7. The molecule has 1 fully saturated rings. The first-order chi connectivity index (χ1) is 15.8. The average Bonchev–Trinajstić information content (AvgIpc) is 3.21. The number of piperidine rings is 1. The van der Waals surface area contributed by atoms with Gasteiger partial charge >= 0.3 is 12.1 Å². The van der Waals surface area contributed by atoms with Crippen molar-refractivity contribution in [1.29, 1.82) is 0 Å². The molecule has 0 saturated carbocycles. The van der Waals surface area contributed by atoms with Crippen LogP contribution >= 0.6 is 11.3 Å². The summed E-state index contributed by atoms with van der Waals surface area (Å²) in [5.74, 6) is -0.756. The normalized spacial score (nSPS) is 17.9. The van der Waals surface area contributed by atoms with Crippen molar-refractivity contribution in [3.8, 4) is 0 Å². The lowest BCUT2D eigenvalue weighted by molar-refractivity contribution is -0.145. The van der Waals surface area contributed by atoms with Crippen molar-refractivity contribution in [2.75, 3.05) is 25.0 Å². The molecule has 8 heteroatoms. The van der Waals surface area contributed by atoms with Gasteiger partial charge < -0.3 is 9.47 Å². The summed E-state index contributed by atoms with van der Waals surface area (Å²) in [6.45, 7) is 9.33. The standard InChI is InChI=1S/C25H35N3O4S/c1-5-31-22(29)19(20-17-33-23(26-20)27-24(30)32-25(2,3)4)14-16-28-15-10-9-13-21(28)18-11-7-6-8-12-18/h6-8,11-12,17,19,21H,5,9-10,13-16H2,1-4H3,(H,26,27,30). The second-order valence-corrected chi connectivity index (χ2v) is 10.1. The smallest absolute Gasteiger partial charge is 0.413 e. The molecule has 0 aliphatic carbocycles. The number of carbonyl (C=O) groups is 2. The van der Waals surface area contributed by atoms with E-state index in [0.717, 1.165) is 25.9 Å². The SMILES string of the molecule is CCOC(=O)C(CCN1CCCCC1c1ccccc1)c1csc(NC(=O)OC(C)(C)C)n1. The molecule has 7 nitrogen and oxygen atoms in total. The minimum atomic E-state index is -0.596. The fourth-order valence-corrected chi connectivity index (χ4v) is 4.88. The zero-order valence-electron chi connectivity index (χ0n) is 20.0. The summed E-state index contributed by atoms with van der Waals surface area (Å²) in [5.41, 5.74) is 1.35. The van der Waals surface area contributed by atoms with E-state index < -0.39 is 17.6 Å². The van der Waals surface area contributed by atoms with Gasteiger partial charge in [0.15, 0.2) is 5.13 Å². The highest BCUT2D eigenvalue weighted by molar-refractivity contribution is 7.13. The van der Waals surface area contributed by atoms with E-state index in [1.807, 2.05) is 18.4 Å². The summed E-state index contributed by atoms with van der Waals surface area (Å²) in [6, 6.07) is 10.9. The van der Waals surface area contributed by atoms with Crippen molar-refractivity contribution in [2.24, 2.45) is 0 Å². The topological polar surface area (TPSA) is 80.8 Å². The molecule has 0 bridgehead atoms. The van der Waals surface area contributed by atoms with Gasteiger partial charge in [0.25, 0.3) is 0 Å². The number of nitrogens with one attached hydrogen (secondary N) is 1. The van der Waals surface area contributed by atoms with Crippen LogP contribution in [0.25, 0.3) is 0 Å². The maximum atomic E-state index is 12.8. The molecule has 1 aromatic heterocycles. The minimum absolute atomic E-state index is 0.278. The van der Waals surface area contributed by atoms with Crippen molar-refractivity contribution in [1.82, 2.24) is 9.88 Å². The Morgan fingerprint density at radius 3 is 2.70 bits per heavy atom. The van der Waals surface area contributed by atoms with Crippen LogP contribution in [0.15, 0.2) is 35.7 Å². The van der Waals surface area contributed by atoms with Gasteiger partial charge in [0.2, 0.25) is 0 Å². The van der Waals surface area contributed by atoms with Gasteiger partial charge in [0, 0.05) is 11.4 Å². The van der Waals surface area contributed by atoms with Gasteiger partial charge in [-0.3, -0.25) is 15.0 Å². The highest BCUT2D eigenvalue weighted by atomic mass is 32.1. The predicted molar refractivity (Wildman–Crippen MR) is 131 cm³/mol. The fraction of sp³-hybridized carbons (Fsp3) is 0.560. The molecule has 2 unspecified atom stereocenters. The Morgan fingerprint density at radius 2 is 2.00 bits per heavy atom. The number of hydrogen-bond donors (Lipinski definition) is 1. The van der Waals surface area contributed by atoms with Crippen molar-refractivity contribution >= 4 is 28.5 Å². The van der Waals surface area contributed by atoms with E-state index in [4.69, 9.17) is 9.47 Å². The zero-order chi connectivity index (χ0) is 23.8. The molecular formula is C25H35N3O4S. The van der Waals surface area contributed by atoms with Gasteiger partial charge in [-0.05, 0) is 65.6 Å². The van der Waals surface area contributed by atoms with Crippen LogP contribution in [0.4, 0.5) is 9.93 Å². The molecule has 2 aromatic rings. The van der Waals surface area contributed by atoms with Crippen LogP contribution in [0.3, 0.4) is 0 Å². The summed E-state index contributed by atoms with van der Waals surface area (Å²) in [4.78, 5) is 31.9. The Labute approximate surface area is 200 Å². The van der Waals surface area contributed by atoms with Crippen molar-refractivity contribution in [2.45, 2.75) is 70.9 Å². The average molecular weight is 474 g/mol. The number of carbonyl (C=O) groups excluding carboxylic acids is 2. The van der Waals surface area contributed by atoms with Crippen molar-refractivity contribution in [3.63, 3.8) is 0 Å². The minimum Gasteiger partial charge on any atom is -0.465 e. The largest absolute Gasteiger partial charge is 0.465 e. The van der Waals surface area contributed by atoms with Crippen LogP contribution in [0.2, 0.25) is 0 Å². The van der Waals surface area contributed by atoms with E-state index in [0.29, 0.717) is 29.9 Å². The maximum Gasteiger partial charge on any atom is 0.413 e. The molecule has 180 valence electrons. The Bertz CT molecular complexity index is 910. The second-order valence-electron chi connectivity index (χ2n) is 9.26. The third kappa shape index (κ3) is 7.54. The number of benzene rings is 1. The van der Waals surface area contributed by atoms with Crippen LogP contribution in [0, 0.1) is 0 Å². The number of rotatable bonds is 8. The van der Waals surface area contributed by atoms with Gasteiger partial charge in [-0.15, -0.1) is 11.3 Å². The first kappa shape index (κ1) is 25.2. The van der Waals surface area contributed by atoms with Gasteiger partial charge in [-0.25, -0.2) is 9.78 Å². The van der Waals surface area contributed by atoms with Gasteiger partial charge in [-0.1, -0.05) is 36.8 Å². The van der Waals surface area contributed by atoms with E-state index in [9.17, 15) is 9.59 Å². The lowest BCUT2D eigenvalue weighted by Crippen LogP contribution is -2.35. The number of thiazole rings is 1. The second kappa shape index (κ2) is 11.6. The van der Waals surface area contributed by atoms with Crippen LogP contribution in [0.1, 0.15) is 76.6 Å². The molecule has 2 atom stereocenters. The number of amides is 1. The summed E-state index contributed by atoms with van der Waals surface area (Å²) >= 11 is 1.28. The maximum absolute atomic E-state index is 12.8. The van der Waals surface area contributed by atoms with E-state index in [2.05, 4.69) is 39.5 Å². The number of anilines is 1. The lowest BCUT2D eigenvalue weighted by Gasteiger charge is -2.36. The van der Waals surface area contributed by atoms with Gasteiger partial charge in [0.1, 0.15) is 11.5 Å². The number of aromatic nitrogens is 1. The summed E-state index contributed by atoms with van der Waals surface area (Å²) < 4.78 is 10.7. The number of esters is 1. The molecule has 0 spiro atoms. The quantitative estimate of drug-likeness (QED) is 0.491. The van der Waals surface area contributed by atoms with Crippen LogP contribution in [-0.2, 0) is 14.3 Å². The molecule has 1 saturated heterocycles. The summed E-state index contributed by atoms with van der Waals surface area (Å²) in [7, 11) is 0. The van der Waals surface area contributed by atoms with E-state index in [1.54, 1.807) is 20.8 Å². The molecule has 1 amide bonds. The molecule has 3 rings (SSSR count). The monoisotopic (exact) mass is 473 g/mol. The molecule has 1 N–H and O–H groups in total. The van der Waals surface area contributed by atoms with Crippen LogP contribution < -0.4 is 5.32 Å². The number of likely N-dealkylation sites (tertiary alicyclic amines) is 1. The highest BCUT2D eigenvalue weighted by Gasteiger charge is 2.29. The Hall–Kier alpha value is -2.45. The van der Waals surface area contributed by atoms with E-state index >= 15 is 0 Å². The summed E-state index contributed by atoms with van der Waals surface area (Å²) in [6.07, 6.45) is 3.54. The first-order valence-corrected chi connectivity index (χ1v) is 12.6. The van der Waals surface area contributed by atoms with E-state index in [-0.39, 0.29) is 5.97 Å². The van der Waals surface area contributed by atoms with Crippen LogP contribution in [-0.4, -0.2) is 47.2 Å². The first-order valence-electron chi connectivity index (χ1n) is 11.7. The Morgan fingerprint density at radius 1 is 1.24 bits per heavy atom. The molecule has 1 aliphatic rings. The Kier molecular flexibility index (Phi) is 8.86. The summed E-state index contributed by atoms with van der Waals surface area (Å²) in [5, 5.41) is 4.89. The number of ether oxygens (including phenoxy) is 2. The predicted octanol–water partition coefficient (Wildman–Crippen LogP) is 5.75. The van der Waals surface area contributed by atoms with Crippen molar-refractivity contribution < 1.29 is 19.1 Å². The lowest BCUT2D eigenvalue weighted by atomic mass is 9.94. The van der Waals surface area contributed by atoms with Crippen molar-refractivity contribution in [3.05, 3.63) is 47.0 Å². The molecular weight excluding hydrogens is 438 g/mol. The molecule has 33 heavy (non-hydrogen) atoms.